The van der Waals surface area contributed by atoms with E-state index in [9.17, 15) is 9.59 Å². The Morgan fingerprint density at radius 2 is 1.83 bits per heavy atom. The third-order valence-electron chi connectivity index (χ3n) is 5.72. The smallest absolute Gasteiger partial charge is 0.246 e. The third-order valence-corrected chi connectivity index (χ3v) is 6.69. The second-order valence-electron chi connectivity index (χ2n) is 7.81. The zero-order valence-electron chi connectivity index (χ0n) is 16.4. The number of rotatable bonds is 2. The van der Waals surface area contributed by atoms with Gasteiger partial charge in [-0.15, -0.1) is 0 Å². The Morgan fingerprint density at radius 3 is 2.53 bits per heavy atom. The highest BCUT2D eigenvalue weighted by Crippen LogP contribution is 2.41. The lowest BCUT2D eigenvalue weighted by Crippen LogP contribution is -2.52. The van der Waals surface area contributed by atoms with Crippen molar-refractivity contribution in [3.05, 3.63) is 68.2 Å². The number of amides is 1. The summed E-state index contributed by atoms with van der Waals surface area (Å²) in [6.45, 7) is 2.93. The Balaban J connectivity index is 1.43. The highest BCUT2D eigenvalue weighted by Gasteiger charge is 2.43. The number of benzene rings is 2. The maximum Gasteiger partial charge on any atom is 0.246 e. The molecule has 156 valence electrons. The molecule has 0 radical (unpaired) electrons. The second-order valence-corrected chi connectivity index (χ2v) is 9.06. The summed E-state index contributed by atoms with van der Waals surface area (Å²) < 4.78 is 6.29. The molecule has 0 saturated carbocycles. The number of hydrogen-bond donors (Lipinski definition) is 0. The minimum absolute atomic E-state index is 0.0372. The normalized spacial score (nSPS) is 17.9. The first-order valence-corrected chi connectivity index (χ1v) is 10.8. The van der Waals surface area contributed by atoms with E-state index >= 15 is 0 Å². The number of aryl methyl sites for hydroxylation is 1. The SMILES string of the molecule is Cc1cc2c(cc1Cl)C(=O)CC1(CCN(C(=O)/C=C/c3ccc(Cl)cc3Cl)CC1)O2. The van der Waals surface area contributed by atoms with Crippen LogP contribution in [0.1, 0.15) is 40.7 Å². The summed E-state index contributed by atoms with van der Waals surface area (Å²) in [5.41, 5.74) is 1.58. The predicted octanol–water partition coefficient (Wildman–Crippen LogP) is 6.00. The Labute approximate surface area is 190 Å². The number of Topliss-reactive ketones (excluding diaryl/α,β-unsaturated/α-hetero) is 1. The number of piperidine rings is 1. The molecule has 0 N–H and O–H groups in total. The molecule has 0 aliphatic carbocycles. The first-order valence-electron chi connectivity index (χ1n) is 9.71. The number of fused-ring (bicyclic) bond motifs is 1. The average Bonchev–Trinajstić information content (AvgIpc) is 2.69. The average molecular weight is 465 g/mol. The molecule has 1 saturated heterocycles. The minimum Gasteiger partial charge on any atom is -0.486 e. The molecule has 1 spiro atoms. The minimum atomic E-state index is -0.565. The molecular weight excluding hydrogens is 445 g/mol. The highest BCUT2D eigenvalue weighted by atomic mass is 35.5. The van der Waals surface area contributed by atoms with Crippen LogP contribution in [0.3, 0.4) is 0 Å². The lowest BCUT2D eigenvalue weighted by atomic mass is 9.82. The fourth-order valence-corrected chi connectivity index (χ4v) is 4.57. The van der Waals surface area contributed by atoms with E-state index in [1.54, 1.807) is 35.2 Å². The van der Waals surface area contributed by atoms with E-state index in [1.807, 2.05) is 13.0 Å². The number of carbonyl (C=O) groups is 2. The molecule has 0 unspecified atom stereocenters. The van der Waals surface area contributed by atoms with Gasteiger partial charge in [-0.1, -0.05) is 40.9 Å². The Kier molecular flexibility index (Phi) is 5.84. The number of carbonyl (C=O) groups excluding carboxylic acids is 2. The standard InChI is InChI=1S/C23H20Cl3NO3/c1-14-10-21-17(12-18(14)25)20(28)13-23(30-21)6-8-27(9-7-23)22(29)5-3-15-2-4-16(24)11-19(15)26/h2-5,10-12H,6-9,13H2,1H3/b5-3+. The number of hydrogen-bond acceptors (Lipinski definition) is 3. The molecule has 2 aromatic rings. The summed E-state index contributed by atoms with van der Waals surface area (Å²) in [4.78, 5) is 27.1. The molecule has 2 aliphatic rings. The molecule has 2 aliphatic heterocycles. The van der Waals surface area contributed by atoms with Crippen molar-refractivity contribution in [1.82, 2.24) is 4.90 Å². The van der Waals surface area contributed by atoms with Crippen LogP contribution in [0, 0.1) is 6.92 Å². The van der Waals surface area contributed by atoms with Gasteiger partial charge < -0.3 is 9.64 Å². The summed E-state index contributed by atoms with van der Waals surface area (Å²) in [7, 11) is 0. The fraction of sp³-hybridized carbons (Fsp3) is 0.304. The lowest BCUT2D eigenvalue weighted by molar-refractivity contribution is -0.129. The zero-order valence-corrected chi connectivity index (χ0v) is 18.7. The topological polar surface area (TPSA) is 46.6 Å². The van der Waals surface area contributed by atoms with Crippen LogP contribution in [0.15, 0.2) is 36.4 Å². The van der Waals surface area contributed by atoms with Crippen LogP contribution in [0.2, 0.25) is 15.1 Å². The van der Waals surface area contributed by atoms with Crippen molar-refractivity contribution in [3.63, 3.8) is 0 Å². The summed E-state index contributed by atoms with van der Waals surface area (Å²) in [6.07, 6.45) is 4.70. The molecule has 7 heteroatoms. The van der Waals surface area contributed by atoms with Gasteiger partial charge in [0.1, 0.15) is 11.4 Å². The largest absolute Gasteiger partial charge is 0.486 e. The fourth-order valence-electron chi connectivity index (χ4n) is 3.93. The van der Waals surface area contributed by atoms with Gasteiger partial charge in [-0.3, -0.25) is 9.59 Å². The molecule has 1 amide bonds. The van der Waals surface area contributed by atoms with Crippen molar-refractivity contribution in [2.45, 2.75) is 31.8 Å². The molecule has 2 heterocycles. The van der Waals surface area contributed by atoms with E-state index in [-0.39, 0.29) is 11.7 Å². The molecule has 0 aromatic heterocycles. The maximum atomic E-state index is 12.7. The molecule has 0 bridgehead atoms. The van der Waals surface area contributed by atoms with Crippen LogP contribution in [-0.4, -0.2) is 35.3 Å². The molecule has 1 fully saturated rings. The van der Waals surface area contributed by atoms with Gasteiger partial charge in [0.25, 0.3) is 0 Å². The van der Waals surface area contributed by atoms with E-state index in [1.165, 1.54) is 6.08 Å². The first kappa shape index (κ1) is 21.2. The summed E-state index contributed by atoms with van der Waals surface area (Å²) in [5.74, 6) is 0.529. The van der Waals surface area contributed by atoms with Crippen LogP contribution in [0.25, 0.3) is 6.08 Å². The Bertz CT molecular complexity index is 1060. The molecule has 4 rings (SSSR count). The van der Waals surface area contributed by atoms with Gasteiger partial charge in [-0.2, -0.15) is 0 Å². The van der Waals surface area contributed by atoms with Crippen molar-refractivity contribution in [1.29, 1.82) is 0 Å². The molecule has 4 nitrogen and oxygen atoms in total. The van der Waals surface area contributed by atoms with Gasteiger partial charge in [0, 0.05) is 47.1 Å². The molecule has 30 heavy (non-hydrogen) atoms. The number of likely N-dealkylation sites (tertiary alicyclic amines) is 1. The van der Waals surface area contributed by atoms with Gasteiger partial charge >= 0.3 is 0 Å². The number of ketones is 1. The Morgan fingerprint density at radius 1 is 1.10 bits per heavy atom. The van der Waals surface area contributed by atoms with Crippen molar-refractivity contribution < 1.29 is 14.3 Å². The maximum absolute atomic E-state index is 12.7. The van der Waals surface area contributed by atoms with Crippen molar-refractivity contribution in [2.75, 3.05) is 13.1 Å². The van der Waals surface area contributed by atoms with Gasteiger partial charge in [0.05, 0.1) is 12.0 Å². The molecule has 2 aromatic carbocycles. The van der Waals surface area contributed by atoms with E-state index in [0.717, 1.165) is 11.1 Å². The van der Waals surface area contributed by atoms with Crippen LogP contribution < -0.4 is 4.74 Å². The van der Waals surface area contributed by atoms with Crippen molar-refractivity contribution in [2.24, 2.45) is 0 Å². The van der Waals surface area contributed by atoms with E-state index in [2.05, 4.69) is 0 Å². The molecule has 0 atom stereocenters. The highest BCUT2D eigenvalue weighted by molar-refractivity contribution is 6.35. The van der Waals surface area contributed by atoms with Crippen molar-refractivity contribution in [3.8, 4) is 5.75 Å². The van der Waals surface area contributed by atoms with Gasteiger partial charge in [-0.05, 0) is 48.4 Å². The summed E-state index contributed by atoms with van der Waals surface area (Å²) in [5, 5.41) is 1.60. The van der Waals surface area contributed by atoms with Crippen LogP contribution in [0.5, 0.6) is 5.75 Å². The summed E-state index contributed by atoms with van der Waals surface area (Å²) >= 11 is 18.2. The Hall–Kier alpha value is -2.01. The van der Waals surface area contributed by atoms with Gasteiger partial charge in [0.2, 0.25) is 5.91 Å². The quantitative estimate of drug-likeness (QED) is 0.512. The van der Waals surface area contributed by atoms with Gasteiger partial charge in [-0.25, -0.2) is 0 Å². The monoisotopic (exact) mass is 463 g/mol. The van der Waals surface area contributed by atoms with E-state index < -0.39 is 5.60 Å². The second kappa shape index (κ2) is 8.26. The molecular formula is C23H20Cl3NO3. The summed E-state index contributed by atoms with van der Waals surface area (Å²) in [6, 6.07) is 8.65. The van der Waals surface area contributed by atoms with E-state index in [4.69, 9.17) is 39.5 Å². The van der Waals surface area contributed by atoms with Crippen molar-refractivity contribution >= 4 is 52.6 Å². The number of ether oxygens (including phenoxy) is 1. The zero-order chi connectivity index (χ0) is 21.5. The first-order chi connectivity index (χ1) is 14.3. The third kappa shape index (κ3) is 4.22. The number of halogens is 3. The predicted molar refractivity (Wildman–Crippen MR) is 120 cm³/mol. The number of nitrogens with zero attached hydrogens (tertiary/aromatic N) is 1. The lowest BCUT2D eigenvalue weighted by Gasteiger charge is -2.43. The van der Waals surface area contributed by atoms with Crippen LogP contribution >= 0.6 is 34.8 Å². The van der Waals surface area contributed by atoms with E-state index in [0.29, 0.717) is 58.7 Å². The van der Waals surface area contributed by atoms with Gasteiger partial charge in [0.15, 0.2) is 5.78 Å². The van der Waals surface area contributed by atoms with Crippen LogP contribution in [0.4, 0.5) is 0 Å². The van der Waals surface area contributed by atoms with Crippen LogP contribution in [-0.2, 0) is 4.79 Å².